The summed E-state index contributed by atoms with van der Waals surface area (Å²) < 4.78 is 36.8. The van der Waals surface area contributed by atoms with E-state index in [-0.39, 0.29) is 22.8 Å². The minimum absolute atomic E-state index is 0.0603. The van der Waals surface area contributed by atoms with Crippen molar-refractivity contribution in [3.05, 3.63) is 23.8 Å². The van der Waals surface area contributed by atoms with Gasteiger partial charge in [0.05, 0.1) is 25.0 Å². The number of sulfonamides is 1. The summed E-state index contributed by atoms with van der Waals surface area (Å²) in [7, 11) is -1.38. The maximum Gasteiger partial charge on any atom is 0.341 e. The molecule has 25 heavy (non-hydrogen) atoms. The molecule has 2 rings (SSSR count). The molecule has 0 saturated carbocycles. The Labute approximate surface area is 146 Å². The summed E-state index contributed by atoms with van der Waals surface area (Å²) in [4.78, 5) is 23.0. The van der Waals surface area contributed by atoms with E-state index in [2.05, 4.69) is 4.74 Å². The Kier molecular flexibility index (Phi) is 5.69. The molecule has 1 aliphatic rings. The van der Waals surface area contributed by atoms with Crippen molar-refractivity contribution in [2.24, 2.45) is 5.92 Å². The number of hydrogen-bond acceptors (Lipinski definition) is 6. The van der Waals surface area contributed by atoms with Gasteiger partial charge in [-0.3, -0.25) is 4.79 Å². The van der Waals surface area contributed by atoms with Gasteiger partial charge in [0.1, 0.15) is 11.3 Å². The Bertz CT molecular complexity index is 775. The lowest BCUT2D eigenvalue weighted by Gasteiger charge is -2.36. The zero-order valence-corrected chi connectivity index (χ0v) is 15.1. The molecule has 0 aromatic heterocycles. The molecule has 138 valence electrons. The number of ether oxygens (including phenoxy) is 2. The van der Waals surface area contributed by atoms with Gasteiger partial charge in [0.2, 0.25) is 10.0 Å². The zero-order valence-electron chi connectivity index (χ0n) is 14.3. The number of methoxy groups -OCH3 is 2. The predicted molar refractivity (Wildman–Crippen MR) is 88.0 cm³/mol. The molecule has 0 unspecified atom stereocenters. The molecular weight excluding hydrogens is 350 g/mol. The summed E-state index contributed by atoms with van der Waals surface area (Å²) in [5.74, 6) is -2.32. The van der Waals surface area contributed by atoms with Crippen LogP contribution in [0.15, 0.2) is 23.1 Å². The standard InChI is InChI=1S/C16H21NO7S/c1-10-12(15(18)19)5-4-8-17(10)25(21,22)11-6-7-13(16(20)24-3)14(9-11)23-2/h6-7,9-10,12H,4-5,8H2,1-3H3,(H,18,19)/t10-,12-/m0/s1. The summed E-state index contributed by atoms with van der Waals surface area (Å²) in [5.41, 5.74) is 0.110. The number of nitrogens with zero attached hydrogens (tertiary/aromatic N) is 1. The lowest BCUT2D eigenvalue weighted by atomic mass is 9.92. The van der Waals surface area contributed by atoms with Crippen LogP contribution < -0.4 is 4.74 Å². The fraction of sp³-hybridized carbons (Fsp3) is 0.500. The van der Waals surface area contributed by atoms with E-state index in [0.717, 1.165) is 0 Å². The number of benzene rings is 1. The van der Waals surface area contributed by atoms with Gasteiger partial charge < -0.3 is 14.6 Å². The minimum Gasteiger partial charge on any atom is -0.496 e. The number of carbonyl (C=O) groups excluding carboxylic acids is 1. The van der Waals surface area contributed by atoms with Crippen LogP contribution in [0.25, 0.3) is 0 Å². The van der Waals surface area contributed by atoms with E-state index in [1.165, 1.54) is 36.7 Å². The first-order chi connectivity index (χ1) is 11.7. The van der Waals surface area contributed by atoms with E-state index >= 15 is 0 Å². The molecule has 8 nitrogen and oxygen atoms in total. The molecule has 9 heteroatoms. The second-order valence-corrected chi connectivity index (χ2v) is 7.69. The molecule has 1 heterocycles. The summed E-state index contributed by atoms with van der Waals surface area (Å²) in [5, 5.41) is 9.28. The van der Waals surface area contributed by atoms with Gasteiger partial charge in [-0.2, -0.15) is 4.31 Å². The first-order valence-corrected chi connectivity index (χ1v) is 9.19. The Balaban J connectivity index is 2.42. The van der Waals surface area contributed by atoms with Crippen LogP contribution >= 0.6 is 0 Å². The third-order valence-electron chi connectivity index (χ3n) is 4.43. The molecule has 0 radical (unpaired) electrons. The summed E-state index contributed by atoms with van der Waals surface area (Å²) in [6, 6.07) is 3.20. The molecule has 0 bridgehead atoms. The highest BCUT2D eigenvalue weighted by atomic mass is 32.2. The monoisotopic (exact) mass is 371 g/mol. The van der Waals surface area contributed by atoms with Gasteiger partial charge in [0.25, 0.3) is 0 Å². The number of carbonyl (C=O) groups is 2. The number of esters is 1. The molecule has 0 amide bonds. The molecule has 1 aromatic carbocycles. The Hall–Kier alpha value is -2.13. The highest BCUT2D eigenvalue weighted by Gasteiger charge is 2.39. The van der Waals surface area contributed by atoms with Crippen molar-refractivity contribution in [3.63, 3.8) is 0 Å². The van der Waals surface area contributed by atoms with Crippen LogP contribution in [0.4, 0.5) is 0 Å². The first kappa shape index (κ1) is 19.2. The van der Waals surface area contributed by atoms with E-state index in [1.54, 1.807) is 6.92 Å². The van der Waals surface area contributed by atoms with Crippen molar-refractivity contribution in [3.8, 4) is 5.75 Å². The topological polar surface area (TPSA) is 110 Å². The maximum atomic E-state index is 12.9. The predicted octanol–water partition coefficient (Wildman–Crippen LogP) is 1.36. The van der Waals surface area contributed by atoms with Crippen LogP contribution in [-0.2, 0) is 19.6 Å². The van der Waals surface area contributed by atoms with Crippen molar-refractivity contribution in [1.82, 2.24) is 4.31 Å². The minimum atomic E-state index is -3.92. The summed E-state index contributed by atoms with van der Waals surface area (Å²) in [6.45, 7) is 1.84. The summed E-state index contributed by atoms with van der Waals surface area (Å²) >= 11 is 0. The number of aliphatic carboxylic acids is 1. The average Bonchev–Trinajstić information content (AvgIpc) is 2.60. The highest BCUT2D eigenvalue weighted by Crippen LogP contribution is 2.31. The zero-order chi connectivity index (χ0) is 18.8. The number of carboxylic acids is 1. The number of piperidine rings is 1. The van der Waals surface area contributed by atoms with E-state index in [9.17, 15) is 23.1 Å². The summed E-state index contributed by atoms with van der Waals surface area (Å²) in [6.07, 6.45) is 0.908. The van der Waals surface area contributed by atoms with Gasteiger partial charge in [-0.25, -0.2) is 13.2 Å². The third-order valence-corrected chi connectivity index (χ3v) is 6.41. The molecule has 1 fully saturated rings. The largest absolute Gasteiger partial charge is 0.496 e. The van der Waals surface area contributed by atoms with E-state index in [0.29, 0.717) is 12.8 Å². The molecular formula is C16H21NO7S. The van der Waals surface area contributed by atoms with E-state index in [4.69, 9.17) is 4.74 Å². The third kappa shape index (κ3) is 3.62. The maximum absolute atomic E-state index is 12.9. The van der Waals surface area contributed by atoms with Crippen molar-refractivity contribution < 1.29 is 32.6 Å². The molecule has 1 aromatic rings. The van der Waals surface area contributed by atoms with E-state index in [1.807, 2.05) is 0 Å². The molecule has 1 N–H and O–H groups in total. The van der Waals surface area contributed by atoms with Crippen LogP contribution in [-0.4, -0.2) is 56.6 Å². The highest BCUT2D eigenvalue weighted by molar-refractivity contribution is 7.89. The molecule has 1 aliphatic heterocycles. The van der Waals surface area contributed by atoms with E-state index < -0.39 is 33.9 Å². The number of carboxylic acid groups (broad SMARTS) is 1. The Morgan fingerprint density at radius 3 is 2.52 bits per heavy atom. The van der Waals surface area contributed by atoms with Crippen LogP contribution in [0.2, 0.25) is 0 Å². The SMILES string of the molecule is COC(=O)c1ccc(S(=O)(=O)N2CCC[C@H](C(=O)O)[C@@H]2C)cc1OC. The fourth-order valence-corrected chi connectivity index (χ4v) is 4.75. The first-order valence-electron chi connectivity index (χ1n) is 7.75. The van der Waals surface area contributed by atoms with Crippen molar-refractivity contribution in [2.75, 3.05) is 20.8 Å². The van der Waals surface area contributed by atoms with Crippen LogP contribution in [0, 0.1) is 5.92 Å². The van der Waals surface area contributed by atoms with Crippen molar-refractivity contribution >= 4 is 22.0 Å². The van der Waals surface area contributed by atoms with Crippen LogP contribution in [0.1, 0.15) is 30.1 Å². The lowest BCUT2D eigenvalue weighted by molar-refractivity contribution is -0.144. The van der Waals surface area contributed by atoms with Gasteiger partial charge in [-0.15, -0.1) is 0 Å². The number of hydrogen-bond donors (Lipinski definition) is 1. The number of rotatable bonds is 5. The molecule has 2 atom stereocenters. The van der Waals surface area contributed by atoms with Crippen molar-refractivity contribution in [2.45, 2.75) is 30.7 Å². The van der Waals surface area contributed by atoms with Gasteiger partial charge in [0, 0.05) is 18.7 Å². The lowest BCUT2D eigenvalue weighted by Crippen LogP contribution is -2.48. The molecule has 0 aliphatic carbocycles. The van der Waals surface area contributed by atoms with Crippen LogP contribution in [0.5, 0.6) is 5.75 Å². The smallest absolute Gasteiger partial charge is 0.341 e. The second-order valence-electron chi connectivity index (χ2n) is 5.80. The van der Waals surface area contributed by atoms with Crippen molar-refractivity contribution in [1.29, 1.82) is 0 Å². The van der Waals surface area contributed by atoms with Crippen LogP contribution in [0.3, 0.4) is 0 Å². The second kappa shape index (κ2) is 7.40. The van der Waals surface area contributed by atoms with Gasteiger partial charge in [0.15, 0.2) is 0 Å². The molecule has 0 spiro atoms. The Morgan fingerprint density at radius 2 is 1.96 bits per heavy atom. The normalized spacial score (nSPS) is 21.6. The average molecular weight is 371 g/mol. The quantitative estimate of drug-likeness (QED) is 0.778. The Morgan fingerprint density at radius 1 is 1.28 bits per heavy atom. The van der Waals surface area contributed by atoms with Gasteiger partial charge in [-0.05, 0) is 31.9 Å². The molecule has 1 saturated heterocycles. The van der Waals surface area contributed by atoms with Gasteiger partial charge >= 0.3 is 11.9 Å². The van der Waals surface area contributed by atoms with Gasteiger partial charge in [-0.1, -0.05) is 0 Å². The fourth-order valence-electron chi connectivity index (χ4n) is 3.03.